The van der Waals surface area contributed by atoms with Crippen LogP contribution in [0.5, 0.6) is 0 Å². The lowest BCUT2D eigenvalue weighted by molar-refractivity contribution is 0.1000. The Kier molecular flexibility index (Phi) is 3.26. The number of rotatable bonds is 4. The van der Waals surface area contributed by atoms with Gasteiger partial charge in [-0.3, -0.25) is 4.79 Å². The zero-order valence-electron chi connectivity index (χ0n) is 10.9. The fourth-order valence-corrected chi connectivity index (χ4v) is 2.47. The van der Waals surface area contributed by atoms with Crippen LogP contribution in [0.4, 0.5) is 5.82 Å². The van der Waals surface area contributed by atoms with Crippen LogP contribution in [0, 0.1) is 13.8 Å². The molecule has 0 unspecified atom stereocenters. The van der Waals surface area contributed by atoms with Gasteiger partial charge >= 0.3 is 0 Å². The largest absolute Gasteiger partial charge is 0.365 e. The maximum absolute atomic E-state index is 11.5. The summed E-state index contributed by atoms with van der Waals surface area (Å²) in [6, 6.07) is 1.86. The van der Waals surface area contributed by atoms with Crippen molar-refractivity contribution in [2.75, 3.05) is 11.9 Å². The van der Waals surface area contributed by atoms with Gasteiger partial charge in [-0.2, -0.15) is 0 Å². The van der Waals surface area contributed by atoms with Crippen LogP contribution in [0.1, 0.15) is 40.9 Å². The number of hydrogen-bond acceptors (Lipinski definition) is 4. The van der Waals surface area contributed by atoms with E-state index in [-0.39, 0.29) is 5.54 Å². The molecule has 0 bridgehead atoms. The van der Waals surface area contributed by atoms with Crippen molar-refractivity contribution in [3.8, 4) is 0 Å². The fourth-order valence-electron chi connectivity index (χ4n) is 2.47. The first kappa shape index (κ1) is 12.8. The molecular weight excluding hydrogens is 228 g/mol. The molecule has 5 heteroatoms. The average molecular weight is 248 g/mol. The van der Waals surface area contributed by atoms with Crippen LogP contribution in [0.2, 0.25) is 0 Å². The van der Waals surface area contributed by atoms with E-state index in [9.17, 15) is 4.79 Å². The van der Waals surface area contributed by atoms with E-state index in [0.717, 1.165) is 30.5 Å². The number of carbonyl (C=O) groups excluding carboxylic acids is 1. The molecule has 0 saturated heterocycles. The number of aryl methyl sites for hydroxylation is 2. The van der Waals surface area contributed by atoms with Crippen LogP contribution >= 0.6 is 0 Å². The first-order valence-corrected chi connectivity index (χ1v) is 6.24. The topological polar surface area (TPSA) is 94.0 Å². The van der Waals surface area contributed by atoms with E-state index in [4.69, 9.17) is 11.5 Å². The summed E-state index contributed by atoms with van der Waals surface area (Å²) in [5.41, 5.74) is 13.3. The Morgan fingerprint density at radius 2 is 2.17 bits per heavy atom. The van der Waals surface area contributed by atoms with Gasteiger partial charge in [-0.15, -0.1) is 0 Å². The smallest absolute Gasteiger partial charge is 0.252 e. The van der Waals surface area contributed by atoms with Crippen molar-refractivity contribution < 1.29 is 4.79 Å². The zero-order valence-corrected chi connectivity index (χ0v) is 10.9. The van der Waals surface area contributed by atoms with E-state index < -0.39 is 5.91 Å². The molecule has 1 amide bonds. The second kappa shape index (κ2) is 4.57. The summed E-state index contributed by atoms with van der Waals surface area (Å²) in [5, 5.41) is 3.34. The monoisotopic (exact) mass is 248 g/mol. The molecule has 5 nitrogen and oxygen atoms in total. The zero-order chi connectivity index (χ0) is 13.3. The van der Waals surface area contributed by atoms with Crippen LogP contribution in [0.15, 0.2) is 6.07 Å². The molecule has 1 aliphatic rings. The Labute approximate surface area is 107 Å². The summed E-state index contributed by atoms with van der Waals surface area (Å²) in [6.45, 7) is 4.31. The van der Waals surface area contributed by atoms with Crippen molar-refractivity contribution in [1.29, 1.82) is 0 Å². The number of amides is 1. The number of pyridine rings is 1. The van der Waals surface area contributed by atoms with Gasteiger partial charge in [-0.1, -0.05) is 0 Å². The average Bonchev–Trinajstić information content (AvgIpc) is 2.21. The number of anilines is 1. The molecule has 1 saturated carbocycles. The standard InChI is InChI=1S/C13H20N4O/c1-8-6-9(2)16-12(10(8)11(15)18)17-13(7-14)4-3-5-13/h6H,3-5,7,14H2,1-2H3,(H2,15,18)(H,16,17). The summed E-state index contributed by atoms with van der Waals surface area (Å²) in [7, 11) is 0. The van der Waals surface area contributed by atoms with Crippen LogP contribution in [0.3, 0.4) is 0 Å². The van der Waals surface area contributed by atoms with Gasteiger partial charge in [0.25, 0.3) is 5.91 Å². The summed E-state index contributed by atoms with van der Waals surface area (Å²) >= 11 is 0. The van der Waals surface area contributed by atoms with Crippen molar-refractivity contribution >= 4 is 11.7 Å². The lowest BCUT2D eigenvalue weighted by Gasteiger charge is -2.42. The molecule has 1 aromatic rings. The minimum atomic E-state index is -0.450. The van der Waals surface area contributed by atoms with E-state index >= 15 is 0 Å². The number of aromatic nitrogens is 1. The summed E-state index contributed by atoms with van der Waals surface area (Å²) in [4.78, 5) is 15.9. The van der Waals surface area contributed by atoms with Crippen LogP contribution in [-0.4, -0.2) is 23.0 Å². The van der Waals surface area contributed by atoms with E-state index in [0.29, 0.717) is 17.9 Å². The SMILES string of the molecule is Cc1cc(C)c(C(N)=O)c(NC2(CN)CCC2)n1. The number of nitrogens with one attached hydrogen (secondary N) is 1. The predicted octanol–water partition coefficient (Wildman–Crippen LogP) is 1.09. The van der Waals surface area contributed by atoms with Gasteiger partial charge < -0.3 is 16.8 Å². The lowest BCUT2D eigenvalue weighted by atomic mass is 9.76. The van der Waals surface area contributed by atoms with Crippen molar-refractivity contribution in [1.82, 2.24) is 4.98 Å². The second-order valence-corrected chi connectivity index (χ2v) is 5.13. The molecule has 5 N–H and O–H groups in total. The molecule has 1 aliphatic carbocycles. The van der Waals surface area contributed by atoms with Gasteiger partial charge in [0.1, 0.15) is 5.82 Å². The summed E-state index contributed by atoms with van der Waals surface area (Å²) < 4.78 is 0. The number of hydrogen-bond donors (Lipinski definition) is 3. The normalized spacial score (nSPS) is 17.1. The van der Waals surface area contributed by atoms with E-state index in [1.165, 1.54) is 0 Å². The van der Waals surface area contributed by atoms with Crippen LogP contribution < -0.4 is 16.8 Å². The molecule has 0 spiro atoms. The van der Waals surface area contributed by atoms with E-state index in [1.54, 1.807) is 0 Å². The Bertz CT molecular complexity index is 475. The van der Waals surface area contributed by atoms with Gasteiger partial charge in [-0.05, 0) is 44.7 Å². The van der Waals surface area contributed by atoms with Crippen molar-refractivity contribution in [3.63, 3.8) is 0 Å². The van der Waals surface area contributed by atoms with Crippen LogP contribution in [-0.2, 0) is 0 Å². The molecule has 2 rings (SSSR count). The molecule has 1 heterocycles. The Hall–Kier alpha value is -1.62. The molecule has 0 aliphatic heterocycles. The third-order valence-electron chi connectivity index (χ3n) is 3.68. The molecule has 1 aromatic heterocycles. The first-order valence-electron chi connectivity index (χ1n) is 6.24. The van der Waals surface area contributed by atoms with Gasteiger partial charge in [0.2, 0.25) is 0 Å². The maximum Gasteiger partial charge on any atom is 0.252 e. The molecule has 98 valence electrons. The Morgan fingerprint density at radius 1 is 1.50 bits per heavy atom. The van der Waals surface area contributed by atoms with Crippen molar-refractivity contribution in [2.45, 2.75) is 38.6 Å². The summed E-state index contributed by atoms with van der Waals surface area (Å²) in [6.07, 6.45) is 3.17. The second-order valence-electron chi connectivity index (χ2n) is 5.13. The van der Waals surface area contributed by atoms with Gasteiger partial charge in [0.15, 0.2) is 0 Å². The minimum absolute atomic E-state index is 0.114. The highest BCUT2D eigenvalue weighted by atomic mass is 16.1. The molecule has 0 atom stereocenters. The third-order valence-corrected chi connectivity index (χ3v) is 3.68. The molecule has 0 radical (unpaired) electrons. The quantitative estimate of drug-likeness (QED) is 0.743. The molecule has 18 heavy (non-hydrogen) atoms. The minimum Gasteiger partial charge on any atom is -0.365 e. The highest BCUT2D eigenvalue weighted by molar-refractivity contribution is 5.99. The van der Waals surface area contributed by atoms with E-state index in [1.807, 2.05) is 19.9 Å². The first-order chi connectivity index (χ1) is 8.47. The fraction of sp³-hybridized carbons (Fsp3) is 0.538. The number of nitrogens with zero attached hydrogens (tertiary/aromatic N) is 1. The molecule has 1 fully saturated rings. The summed E-state index contributed by atoms with van der Waals surface area (Å²) in [5.74, 6) is 0.124. The van der Waals surface area contributed by atoms with E-state index in [2.05, 4.69) is 10.3 Å². The maximum atomic E-state index is 11.5. The Balaban J connectivity index is 2.39. The lowest BCUT2D eigenvalue weighted by Crippen LogP contribution is -2.51. The molecular formula is C13H20N4O. The van der Waals surface area contributed by atoms with Gasteiger partial charge in [-0.25, -0.2) is 4.98 Å². The Morgan fingerprint density at radius 3 is 2.61 bits per heavy atom. The third kappa shape index (κ3) is 2.18. The number of carbonyl (C=O) groups is 1. The van der Waals surface area contributed by atoms with Gasteiger partial charge in [0.05, 0.1) is 11.1 Å². The number of nitrogens with two attached hydrogens (primary N) is 2. The van der Waals surface area contributed by atoms with Crippen LogP contribution in [0.25, 0.3) is 0 Å². The van der Waals surface area contributed by atoms with Gasteiger partial charge in [0, 0.05) is 12.2 Å². The molecule has 0 aromatic carbocycles. The predicted molar refractivity (Wildman–Crippen MR) is 71.5 cm³/mol. The number of primary amides is 1. The highest BCUT2D eigenvalue weighted by Gasteiger charge is 2.36. The highest BCUT2D eigenvalue weighted by Crippen LogP contribution is 2.35. The van der Waals surface area contributed by atoms with Crippen molar-refractivity contribution in [3.05, 3.63) is 22.9 Å². The van der Waals surface area contributed by atoms with Crippen molar-refractivity contribution in [2.24, 2.45) is 11.5 Å².